The predicted molar refractivity (Wildman–Crippen MR) is 88.8 cm³/mol. The topological polar surface area (TPSA) is 59.8 Å². The van der Waals surface area contributed by atoms with E-state index in [9.17, 15) is 18.0 Å². The standard InChI is InChI=1S/C18H15F3N4O/c19-18(20,21)16-12-13(6-9-22-16)17(26)23-10-7-14-8-11-25(24-14)15-4-2-1-3-5-15/h1-6,8-9,11-12H,7,10H2,(H,23,26). The summed E-state index contributed by atoms with van der Waals surface area (Å²) in [5.74, 6) is -0.583. The zero-order valence-electron chi connectivity index (χ0n) is 13.6. The maximum atomic E-state index is 12.6. The number of nitrogens with zero attached hydrogens (tertiary/aromatic N) is 3. The zero-order chi connectivity index (χ0) is 18.6. The molecule has 0 bridgehead atoms. The molecule has 134 valence electrons. The first-order chi connectivity index (χ1) is 12.4. The molecule has 2 aromatic heterocycles. The molecule has 1 aromatic carbocycles. The van der Waals surface area contributed by atoms with E-state index in [-0.39, 0.29) is 12.1 Å². The zero-order valence-corrected chi connectivity index (χ0v) is 13.6. The Morgan fingerprint density at radius 2 is 1.88 bits per heavy atom. The molecule has 0 saturated carbocycles. The summed E-state index contributed by atoms with van der Waals surface area (Å²) in [5.41, 5.74) is 0.507. The van der Waals surface area contributed by atoms with Gasteiger partial charge in [0.15, 0.2) is 0 Å². The third kappa shape index (κ3) is 4.27. The molecule has 0 aliphatic heterocycles. The molecule has 1 N–H and O–H groups in total. The number of pyridine rings is 1. The average Bonchev–Trinajstić information content (AvgIpc) is 3.11. The molecule has 0 radical (unpaired) electrons. The normalized spacial score (nSPS) is 11.3. The highest BCUT2D eigenvalue weighted by Crippen LogP contribution is 2.27. The first-order valence-corrected chi connectivity index (χ1v) is 7.85. The van der Waals surface area contributed by atoms with Gasteiger partial charge in [0, 0.05) is 30.9 Å². The molecular formula is C18H15F3N4O. The number of para-hydroxylation sites is 1. The Morgan fingerprint density at radius 1 is 1.12 bits per heavy atom. The van der Waals surface area contributed by atoms with Gasteiger partial charge in [0.05, 0.1) is 11.4 Å². The quantitative estimate of drug-likeness (QED) is 0.760. The van der Waals surface area contributed by atoms with E-state index < -0.39 is 17.8 Å². The van der Waals surface area contributed by atoms with Crippen LogP contribution in [-0.2, 0) is 12.6 Å². The first-order valence-electron chi connectivity index (χ1n) is 7.85. The van der Waals surface area contributed by atoms with Crippen LogP contribution < -0.4 is 5.32 Å². The largest absolute Gasteiger partial charge is 0.433 e. The summed E-state index contributed by atoms with van der Waals surface area (Å²) in [7, 11) is 0. The van der Waals surface area contributed by atoms with Gasteiger partial charge < -0.3 is 5.32 Å². The van der Waals surface area contributed by atoms with E-state index in [1.54, 1.807) is 4.68 Å². The van der Waals surface area contributed by atoms with Crippen molar-refractivity contribution >= 4 is 5.91 Å². The van der Waals surface area contributed by atoms with Crippen molar-refractivity contribution < 1.29 is 18.0 Å². The summed E-state index contributed by atoms with van der Waals surface area (Å²) in [6, 6.07) is 13.4. The third-order valence-corrected chi connectivity index (χ3v) is 3.64. The van der Waals surface area contributed by atoms with E-state index in [0.29, 0.717) is 6.42 Å². The van der Waals surface area contributed by atoms with Crippen molar-refractivity contribution in [2.75, 3.05) is 6.54 Å². The lowest BCUT2D eigenvalue weighted by atomic mass is 10.2. The maximum Gasteiger partial charge on any atom is 0.433 e. The van der Waals surface area contributed by atoms with Crippen LogP contribution in [0, 0.1) is 0 Å². The van der Waals surface area contributed by atoms with E-state index in [2.05, 4.69) is 15.4 Å². The van der Waals surface area contributed by atoms with Crippen LogP contribution in [-0.4, -0.2) is 27.2 Å². The Labute approximate surface area is 147 Å². The molecule has 0 saturated heterocycles. The second kappa shape index (κ2) is 7.38. The van der Waals surface area contributed by atoms with Crippen molar-refractivity contribution in [3.05, 3.63) is 77.9 Å². The Kier molecular flexibility index (Phi) is 5.01. The summed E-state index contributed by atoms with van der Waals surface area (Å²) in [4.78, 5) is 15.2. The monoisotopic (exact) mass is 360 g/mol. The summed E-state index contributed by atoms with van der Waals surface area (Å²) >= 11 is 0. The fourth-order valence-corrected chi connectivity index (χ4v) is 2.35. The molecule has 2 heterocycles. The van der Waals surface area contributed by atoms with Crippen LogP contribution in [0.25, 0.3) is 5.69 Å². The smallest absolute Gasteiger partial charge is 0.352 e. The molecule has 0 spiro atoms. The number of rotatable bonds is 5. The second-order valence-electron chi connectivity index (χ2n) is 5.52. The summed E-state index contributed by atoms with van der Waals surface area (Å²) in [5, 5.41) is 6.99. The minimum absolute atomic E-state index is 0.0814. The van der Waals surface area contributed by atoms with Gasteiger partial charge in [0.25, 0.3) is 5.91 Å². The number of hydrogen-bond acceptors (Lipinski definition) is 3. The van der Waals surface area contributed by atoms with Crippen molar-refractivity contribution in [3.8, 4) is 5.69 Å². The summed E-state index contributed by atoms with van der Waals surface area (Å²) in [6.45, 7) is 0.258. The molecule has 3 aromatic rings. The molecule has 3 rings (SSSR count). The Bertz CT molecular complexity index is 891. The molecule has 26 heavy (non-hydrogen) atoms. The first kappa shape index (κ1) is 17.7. The van der Waals surface area contributed by atoms with E-state index in [1.807, 2.05) is 42.6 Å². The van der Waals surface area contributed by atoms with Crippen LogP contribution in [0.1, 0.15) is 21.7 Å². The number of benzene rings is 1. The lowest BCUT2D eigenvalue weighted by Crippen LogP contribution is -2.26. The average molecular weight is 360 g/mol. The molecule has 0 unspecified atom stereocenters. The molecule has 0 aliphatic carbocycles. The Morgan fingerprint density at radius 3 is 2.62 bits per heavy atom. The van der Waals surface area contributed by atoms with Gasteiger partial charge in [-0.15, -0.1) is 0 Å². The lowest BCUT2D eigenvalue weighted by molar-refractivity contribution is -0.141. The van der Waals surface area contributed by atoms with E-state index in [1.165, 1.54) is 6.07 Å². The van der Waals surface area contributed by atoms with Crippen LogP contribution in [0.5, 0.6) is 0 Å². The van der Waals surface area contributed by atoms with Gasteiger partial charge in [0.2, 0.25) is 0 Å². The highest BCUT2D eigenvalue weighted by molar-refractivity contribution is 5.94. The molecule has 0 atom stereocenters. The number of alkyl halides is 3. The van der Waals surface area contributed by atoms with Gasteiger partial charge in [-0.05, 0) is 30.3 Å². The van der Waals surface area contributed by atoms with Crippen LogP contribution in [0.4, 0.5) is 13.2 Å². The fourth-order valence-electron chi connectivity index (χ4n) is 2.35. The van der Waals surface area contributed by atoms with Crippen molar-refractivity contribution in [2.24, 2.45) is 0 Å². The number of hydrogen-bond donors (Lipinski definition) is 1. The van der Waals surface area contributed by atoms with Crippen LogP contribution in [0.15, 0.2) is 60.9 Å². The number of carbonyl (C=O) groups excluding carboxylic acids is 1. The van der Waals surface area contributed by atoms with Gasteiger partial charge in [-0.1, -0.05) is 18.2 Å². The minimum atomic E-state index is -4.58. The minimum Gasteiger partial charge on any atom is -0.352 e. The van der Waals surface area contributed by atoms with Crippen LogP contribution in [0.3, 0.4) is 0 Å². The number of halogens is 3. The molecule has 8 heteroatoms. The van der Waals surface area contributed by atoms with Gasteiger partial charge in [-0.3, -0.25) is 9.78 Å². The molecule has 0 fully saturated rings. The van der Waals surface area contributed by atoms with Gasteiger partial charge >= 0.3 is 6.18 Å². The van der Waals surface area contributed by atoms with Crippen LogP contribution in [0.2, 0.25) is 0 Å². The Balaban J connectivity index is 1.57. The van der Waals surface area contributed by atoms with Gasteiger partial charge in [-0.2, -0.15) is 18.3 Å². The highest BCUT2D eigenvalue weighted by atomic mass is 19.4. The second-order valence-corrected chi connectivity index (χ2v) is 5.52. The van der Waals surface area contributed by atoms with E-state index in [0.717, 1.165) is 23.6 Å². The molecule has 0 aliphatic rings. The van der Waals surface area contributed by atoms with Crippen molar-refractivity contribution in [1.82, 2.24) is 20.1 Å². The van der Waals surface area contributed by atoms with Crippen molar-refractivity contribution in [3.63, 3.8) is 0 Å². The molecule has 1 amide bonds. The highest BCUT2D eigenvalue weighted by Gasteiger charge is 2.32. The maximum absolute atomic E-state index is 12.6. The van der Waals surface area contributed by atoms with Crippen molar-refractivity contribution in [2.45, 2.75) is 12.6 Å². The van der Waals surface area contributed by atoms with Crippen molar-refractivity contribution in [1.29, 1.82) is 0 Å². The summed E-state index contributed by atoms with van der Waals surface area (Å²) < 4.78 is 39.6. The fraction of sp³-hybridized carbons (Fsp3) is 0.167. The number of aromatic nitrogens is 3. The lowest BCUT2D eigenvalue weighted by Gasteiger charge is -2.08. The van der Waals surface area contributed by atoms with Crippen LogP contribution >= 0.6 is 0 Å². The van der Waals surface area contributed by atoms with E-state index in [4.69, 9.17) is 0 Å². The third-order valence-electron chi connectivity index (χ3n) is 3.64. The Hall–Kier alpha value is -3.16. The predicted octanol–water partition coefficient (Wildman–Crippen LogP) is 3.26. The van der Waals surface area contributed by atoms with Gasteiger partial charge in [0.1, 0.15) is 5.69 Å². The number of carbonyl (C=O) groups is 1. The number of amides is 1. The van der Waals surface area contributed by atoms with E-state index >= 15 is 0 Å². The number of nitrogens with one attached hydrogen (secondary N) is 1. The summed E-state index contributed by atoms with van der Waals surface area (Å²) in [6.07, 6.45) is -1.34. The van der Waals surface area contributed by atoms with Gasteiger partial charge in [-0.25, -0.2) is 4.68 Å². The molecular weight excluding hydrogens is 345 g/mol. The molecule has 5 nitrogen and oxygen atoms in total. The SMILES string of the molecule is O=C(NCCc1ccn(-c2ccccc2)n1)c1ccnc(C(F)(F)F)c1.